The average molecular weight is 331 g/mol. The first kappa shape index (κ1) is 17.4. The first-order valence-electron chi connectivity index (χ1n) is 9.03. The van der Waals surface area contributed by atoms with Gasteiger partial charge in [0.2, 0.25) is 0 Å². The smallest absolute Gasteiger partial charge is 0.253 e. The van der Waals surface area contributed by atoms with Crippen molar-refractivity contribution in [3.63, 3.8) is 0 Å². The molecule has 0 N–H and O–H groups in total. The van der Waals surface area contributed by atoms with Gasteiger partial charge >= 0.3 is 0 Å². The minimum absolute atomic E-state index is 0.0420. The maximum Gasteiger partial charge on any atom is 0.253 e. The van der Waals surface area contributed by atoms with Crippen molar-refractivity contribution in [1.29, 1.82) is 0 Å². The third-order valence-corrected chi connectivity index (χ3v) is 5.09. The van der Waals surface area contributed by atoms with E-state index in [2.05, 4.69) is 30.7 Å². The van der Waals surface area contributed by atoms with E-state index in [0.717, 1.165) is 63.5 Å². The predicted octanol–water partition coefficient (Wildman–Crippen LogP) is 2.32. The quantitative estimate of drug-likeness (QED) is 0.834. The van der Waals surface area contributed by atoms with E-state index in [9.17, 15) is 4.79 Å². The van der Waals surface area contributed by atoms with Gasteiger partial charge in [-0.1, -0.05) is 20.8 Å². The van der Waals surface area contributed by atoms with Crippen molar-refractivity contribution in [2.75, 3.05) is 39.4 Å². The summed E-state index contributed by atoms with van der Waals surface area (Å²) in [5.41, 5.74) is 1.69. The number of hydrogen-bond acceptors (Lipinski definition) is 4. The molecule has 5 heteroatoms. The molecule has 0 unspecified atom stereocenters. The molecule has 2 fully saturated rings. The molecule has 1 aromatic heterocycles. The molecule has 2 saturated heterocycles. The third kappa shape index (κ3) is 3.95. The van der Waals surface area contributed by atoms with Gasteiger partial charge in [-0.05, 0) is 25.0 Å². The maximum atomic E-state index is 12.8. The average Bonchev–Trinajstić information content (AvgIpc) is 2.61. The second-order valence-corrected chi connectivity index (χ2v) is 7.85. The molecule has 0 atom stereocenters. The summed E-state index contributed by atoms with van der Waals surface area (Å²) in [6.45, 7) is 11.8. The van der Waals surface area contributed by atoms with Crippen LogP contribution >= 0.6 is 0 Å². The Morgan fingerprint density at radius 3 is 2.46 bits per heavy atom. The number of rotatable bonds is 2. The van der Waals surface area contributed by atoms with Crippen LogP contribution in [0.1, 0.15) is 49.7 Å². The minimum atomic E-state index is -0.0420. The van der Waals surface area contributed by atoms with E-state index in [1.54, 1.807) is 6.20 Å². The van der Waals surface area contributed by atoms with Crippen LogP contribution in [0.3, 0.4) is 0 Å². The lowest BCUT2D eigenvalue weighted by Gasteiger charge is -2.40. The van der Waals surface area contributed by atoms with Gasteiger partial charge in [-0.25, -0.2) is 0 Å². The van der Waals surface area contributed by atoms with Crippen LogP contribution in [0.25, 0.3) is 0 Å². The normalized spacial score (nSPS) is 21.0. The number of piperidine rings is 1. The summed E-state index contributed by atoms with van der Waals surface area (Å²) in [6.07, 6.45) is 3.88. The van der Waals surface area contributed by atoms with Gasteiger partial charge in [0.25, 0.3) is 5.91 Å². The van der Waals surface area contributed by atoms with Gasteiger partial charge in [-0.3, -0.25) is 14.7 Å². The topological polar surface area (TPSA) is 45.7 Å². The zero-order valence-electron chi connectivity index (χ0n) is 15.1. The summed E-state index contributed by atoms with van der Waals surface area (Å²) in [5, 5.41) is 0. The molecule has 132 valence electrons. The summed E-state index contributed by atoms with van der Waals surface area (Å²) in [4.78, 5) is 21.8. The summed E-state index contributed by atoms with van der Waals surface area (Å²) < 4.78 is 5.43. The van der Waals surface area contributed by atoms with E-state index >= 15 is 0 Å². The van der Waals surface area contributed by atoms with Crippen LogP contribution in [0.5, 0.6) is 0 Å². The number of amides is 1. The highest BCUT2D eigenvalue weighted by atomic mass is 16.5. The zero-order chi connectivity index (χ0) is 17.2. The molecule has 3 heterocycles. The molecule has 5 nitrogen and oxygen atoms in total. The number of aromatic nitrogens is 1. The summed E-state index contributed by atoms with van der Waals surface area (Å²) in [6, 6.07) is 4.39. The van der Waals surface area contributed by atoms with Crippen LogP contribution < -0.4 is 0 Å². The number of morpholine rings is 1. The van der Waals surface area contributed by atoms with Crippen LogP contribution in [-0.2, 0) is 10.2 Å². The third-order valence-electron chi connectivity index (χ3n) is 5.09. The van der Waals surface area contributed by atoms with E-state index in [-0.39, 0.29) is 11.3 Å². The molecule has 0 saturated carbocycles. The van der Waals surface area contributed by atoms with Gasteiger partial charge in [0.1, 0.15) is 0 Å². The molecule has 0 aliphatic carbocycles. The maximum absolute atomic E-state index is 12.8. The lowest BCUT2D eigenvalue weighted by atomic mass is 9.90. The van der Waals surface area contributed by atoms with Crippen molar-refractivity contribution in [3.05, 3.63) is 29.6 Å². The van der Waals surface area contributed by atoms with Gasteiger partial charge in [-0.2, -0.15) is 0 Å². The summed E-state index contributed by atoms with van der Waals surface area (Å²) in [7, 11) is 0. The van der Waals surface area contributed by atoms with Crippen LogP contribution in [0.15, 0.2) is 18.3 Å². The molecule has 2 aliphatic rings. The van der Waals surface area contributed by atoms with E-state index in [4.69, 9.17) is 4.74 Å². The molecule has 1 amide bonds. The Morgan fingerprint density at radius 2 is 1.83 bits per heavy atom. The van der Waals surface area contributed by atoms with Gasteiger partial charge in [0, 0.05) is 55.1 Å². The monoisotopic (exact) mass is 331 g/mol. The van der Waals surface area contributed by atoms with Gasteiger partial charge in [0.15, 0.2) is 0 Å². The fraction of sp³-hybridized carbons (Fsp3) is 0.684. The molecule has 0 bridgehead atoms. The molecule has 24 heavy (non-hydrogen) atoms. The number of carbonyl (C=O) groups excluding carboxylic acids is 1. The number of carbonyl (C=O) groups is 1. The molecule has 1 aromatic rings. The Balaban J connectivity index is 1.61. The minimum Gasteiger partial charge on any atom is -0.379 e. The molecule has 0 aromatic carbocycles. The van der Waals surface area contributed by atoms with Crippen LogP contribution in [0.2, 0.25) is 0 Å². The molecular formula is C19H29N3O2. The Hall–Kier alpha value is -1.46. The SMILES string of the molecule is CC(C)(C)c1cc(C(=O)N2CCC(N3CCOCC3)CC2)ccn1. The molecule has 0 spiro atoms. The van der Waals surface area contributed by atoms with Gasteiger partial charge in [0.05, 0.1) is 13.2 Å². The molecule has 3 rings (SSSR count). The van der Waals surface area contributed by atoms with Crippen LogP contribution in [0.4, 0.5) is 0 Å². The second kappa shape index (κ2) is 7.19. The highest BCUT2D eigenvalue weighted by Crippen LogP contribution is 2.23. The highest BCUT2D eigenvalue weighted by Gasteiger charge is 2.28. The largest absolute Gasteiger partial charge is 0.379 e. The van der Waals surface area contributed by atoms with Crippen molar-refractivity contribution in [2.24, 2.45) is 0 Å². The molecule has 2 aliphatic heterocycles. The van der Waals surface area contributed by atoms with E-state index < -0.39 is 0 Å². The summed E-state index contributed by atoms with van der Waals surface area (Å²) in [5.74, 6) is 0.142. The van der Waals surface area contributed by atoms with Crippen molar-refractivity contribution >= 4 is 5.91 Å². The Kier molecular flexibility index (Phi) is 5.21. The first-order valence-corrected chi connectivity index (χ1v) is 9.03. The molecule has 0 radical (unpaired) electrons. The predicted molar refractivity (Wildman–Crippen MR) is 94.3 cm³/mol. The first-order chi connectivity index (χ1) is 11.4. The van der Waals surface area contributed by atoms with Crippen molar-refractivity contribution < 1.29 is 9.53 Å². The van der Waals surface area contributed by atoms with E-state index in [1.807, 2.05) is 17.0 Å². The zero-order valence-corrected chi connectivity index (χ0v) is 15.1. The number of nitrogens with zero attached hydrogens (tertiary/aromatic N) is 3. The van der Waals surface area contributed by atoms with Crippen LogP contribution in [0, 0.1) is 0 Å². The second-order valence-electron chi connectivity index (χ2n) is 7.85. The summed E-state index contributed by atoms with van der Waals surface area (Å²) >= 11 is 0. The Bertz CT molecular complexity index is 568. The standard InChI is InChI=1S/C19H29N3O2/c1-19(2,3)17-14-15(4-7-20-17)18(23)22-8-5-16(6-9-22)21-10-12-24-13-11-21/h4,7,14,16H,5-6,8-13H2,1-3H3. The van der Waals surface area contributed by atoms with E-state index in [1.165, 1.54) is 0 Å². The Morgan fingerprint density at radius 1 is 1.17 bits per heavy atom. The van der Waals surface area contributed by atoms with Crippen LogP contribution in [-0.4, -0.2) is 66.1 Å². The van der Waals surface area contributed by atoms with Crippen molar-refractivity contribution in [1.82, 2.24) is 14.8 Å². The van der Waals surface area contributed by atoms with Gasteiger partial charge < -0.3 is 9.64 Å². The number of pyridine rings is 1. The fourth-order valence-corrected chi connectivity index (χ4v) is 3.53. The number of likely N-dealkylation sites (tertiary alicyclic amines) is 1. The lowest BCUT2D eigenvalue weighted by Crippen LogP contribution is -2.50. The Labute approximate surface area is 145 Å². The van der Waals surface area contributed by atoms with Crippen molar-refractivity contribution in [3.8, 4) is 0 Å². The van der Waals surface area contributed by atoms with E-state index in [0.29, 0.717) is 6.04 Å². The fourth-order valence-electron chi connectivity index (χ4n) is 3.53. The van der Waals surface area contributed by atoms with Gasteiger partial charge in [-0.15, -0.1) is 0 Å². The van der Waals surface area contributed by atoms with Crippen molar-refractivity contribution in [2.45, 2.75) is 45.1 Å². The highest BCUT2D eigenvalue weighted by molar-refractivity contribution is 5.94. The number of hydrogen-bond donors (Lipinski definition) is 0. The number of ether oxygens (including phenoxy) is 1. The molecular weight excluding hydrogens is 302 g/mol. The lowest BCUT2D eigenvalue weighted by molar-refractivity contribution is 0.00158.